The molecule has 0 radical (unpaired) electrons. The van der Waals surface area contributed by atoms with Gasteiger partial charge in [-0.05, 0) is 49.6 Å². The predicted molar refractivity (Wildman–Crippen MR) is 62.4 cm³/mol. The number of phenolic OH excluding ortho intramolecular Hbond substituents is 1. The van der Waals surface area contributed by atoms with Crippen LogP contribution >= 0.6 is 31.9 Å². The molecule has 1 aromatic carbocycles. The molecule has 0 saturated carbocycles. The van der Waals surface area contributed by atoms with Crippen LogP contribution in [0.2, 0.25) is 0 Å². The normalized spacial score (nSPS) is 15.1. The van der Waals surface area contributed by atoms with Gasteiger partial charge in [-0.2, -0.15) is 0 Å². The van der Waals surface area contributed by atoms with Crippen molar-refractivity contribution in [2.24, 2.45) is 0 Å². The SMILES string of the molecule is O=C1C=C(c2cc(Br)c(O)c(Br)c2)CO1. The minimum Gasteiger partial charge on any atom is -0.506 e. The minimum atomic E-state index is -0.328. The van der Waals surface area contributed by atoms with E-state index in [1.54, 1.807) is 12.1 Å². The lowest BCUT2D eigenvalue weighted by atomic mass is 10.1. The van der Waals surface area contributed by atoms with Crippen LogP contribution in [0.3, 0.4) is 0 Å². The molecular weight excluding hydrogens is 328 g/mol. The second kappa shape index (κ2) is 3.98. The third-order valence-electron chi connectivity index (χ3n) is 2.05. The fourth-order valence-electron chi connectivity index (χ4n) is 1.29. The molecule has 15 heavy (non-hydrogen) atoms. The summed E-state index contributed by atoms with van der Waals surface area (Å²) in [6.07, 6.45) is 1.45. The smallest absolute Gasteiger partial charge is 0.331 e. The molecule has 0 spiro atoms. The van der Waals surface area contributed by atoms with E-state index in [4.69, 9.17) is 4.74 Å². The first-order valence-corrected chi connectivity index (χ1v) is 5.72. The molecule has 1 aliphatic rings. The van der Waals surface area contributed by atoms with Crippen LogP contribution in [0.5, 0.6) is 5.75 Å². The molecule has 0 aliphatic carbocycles. The Morgan fingerprint density at radius 1 is 1.27 bits per heavy atom. The van der Waals surface area contributed by atoms with E-state index in [2.05, 4.69) is 31.9 Å². The highest BCUT2D eigenvalue weighted by Gasteiger charge is 2.16. The number of carbonyl (C=O) groups excluding carboxylic acids is 1. The quantitative estimate of drug-likeness (QED) is 0.804. The van der Waals surface area contributed by atoms with Gasteiger partial charge in [-0.25, -0.2) is 4.79 Å². The van der Waals surface area contributed by atoms with Gasteiger partial charge in [-0.15, -0.1) is 0 Å². The Hall–Kier alpha value is -0.810. The molecule has 2 rings (SSSR count). The second-order valence-electron chi connectivity index (χ2n) is 3.07. The first-order valence-electron chi connectivity index (χ1n) is 4.13. The van der Waals surface area contributed by atoms with Crippen LogP contribution in [-0.2, 0) is 9.53 Å². The molecule has 0 saturated heterocycles. The van der Waals surface area contributed by atoms with Crippen molar-refractivity contribution in [2.45, 2.75) is 0 Å². The molecule has 0 fully saturated rings. The van der Waals surface area contributed by atoms with Gasteiger partial charge in [0, 0.05) is 11.6 Å². The van der Waals surface area contributed by atoms with Crippen molar-refractivity contribution in [2.75, 3.05) is 6.61 Å². The molecule has 3 nitrogen and oxygen atoms in total. The van der Waals surface area contributed by atoms with Gasteiger partial charge in [-0.3, -0.25) is 0 Å². The van der Waals surface area contributed by atoms with E-state index in [1.165, 1.54) is 6.08 Å². The van der Waals surface area contributed by atoms with E-state index in [1.807, 2.05) is 0 Å². The zero-order valence-electron chi connectivity index (χ0n) is 7.46. The van der Waals surface area contributed by atoms with Gasteiger partial charge in [0.15, 0.2) is 0 Å². The van der Waals surface area contributed by atoms with Gasteiger partial charge in [0.25, 0.3) is 0 Å². The number of rotatable bonds is 1. The topological polar surface area (TPSA) is 46.5 Å². The summed E-state index contributed by atoms with van der Waals surface area (Å²) < 4.78 is 5.96. The fraction of sp³-hybridized carbons (Fsp3) is 0.100. The number of halogens is 2. The minimum absolute atomic E-state index is 0.143. The summed E-state index contributed by atoms with van der Waals surface area (Å²) in [6.45, 7) is 0.280. The first kappa shape index (κ1) is 10.7. The van der Waals surface area contributed by atoms with E-state index in [0.29, 0.717) is 8.95 Å². The van der Waals surface area contributed by atoms with Crippen molar-refractivity contribution in [3.63, 3.8) is 0 Å². The molecule has 1 aliphatic heterocycles. The Balaban J connectivity index is 2.46. The Labute approximate surface area is 103 Å². The lowest BCUT2D eigenvalue weighted by Crippen LogP contribution is -1.91. The van der Waals surface area contributed by atoms with Gasteiger partial charge in [-0.1, -0.05) is 0 Å². The lowest BCUT2D eigenvalue weighted by molar-refractivity contribution is -0.134. The highest BCUT2D eigenvalue weighted by Crippen LogP contribution is 2.36. The summed E-state index contributed by atoms with van der Waals surface area (Å²) in [7, 11) is 0. The second-order valence-corrected chi connectivity index (χ2v) is 4.77. The number of phenols is 1. The lowest BCUT2D eigenvalue weighted by Gasteiger charge is -2.05. The highest BCUT2D eigenvalue weighted by atomic mass is 79.9. The molecule has 0 amide bonds. The van der Waals surface area contributed by atoms with E-state index in [0.717, 1.165) is 11.1 Å². The number of hydrogen-bond acceptors (Lipinski definition) is 3. The molecule has 1 aromatic rings. The third-order valence-corrected chi connectivity index (χ3v) is 3.26. The van der Waals surface area contributed by atoms with E-state index in [9.17, 15) is 9.90 Å². The van der Waals surface area contributed by atoms with Crippen molar-refractivity contribution in [3.8, 4) is 5.75 Å². The third kappa shape index (κ3) is 2.08. The Kier molecular flexibility index (Phi) is 2.84. The molecule has 1 heterocycles. The average Bonchev–Trinajstić information content (AvgIpc) is 2.60. The predicted octanol–water partition coefficient (Wildman–Crippen LogP) is 2.86. The average molecular weight is 334 g/mol. The molecule has 1 N–H and O–H groups in total. The summed E-state index contributed by atoms with van der Waals surface area (Å²) in [4.78, 5) is 10.9. The van der Waals surface area contributed by atoms with Crippen LogP contribution in [0, 0.1) is 0 Å². The Morgan fingerprint density at radius 2 is 1.87 bits per heavy atom. The summed E-state index contributed by atoms with van der Waals surface area (Å²) in [6, 6.07) is 3.49. The molecule has 0 bridgehead atoms. The monoisotopic (exact) mass is 332 g/mol. The largest absolute Gasteiger partial charge is 0.506 e. The van der Waals surface area contributed by atoms with Crippen LogP contribution in [0.25, 0.3) is 5.57 Å². The van der Waals surface area contributed by atoms with Crippen LogP contribution in [-0.4, -0.2) is 17.7 Å². The maximum Gasteiger partial charge on any atom is 0.331 e. The highest BCUT2D eigenvalue weighted by molar-refractivity contribution is 9.11. The zero-order valence-corrected chi connectivity index (χ0v) is 10.6. The van der Waals surface area contributed by atoms with Crippen molar-refractivity contribution < 1.29 is 14.6 Å². The number of benzene rings is 1. The number of cyclic esters (lactones) is 1. The molecule has 0 atom stereocenters. The van der Waals surface area contributed by atoms with Gasteiger partial charge in [0.1, 0.15) is 12.4 Å². The number of ether oxygens (including phenoxy) is 1. The fourth-order valence-corrected chi connectivity index (χ4v) is 2.48. The van der Waals surface area contributed by atoms with Crippen molar-refractivity contribution in [3.05, 3.63) is 32.7 Å². The van der Waals surface area contributed by atoms with Crippen LogP contribution in [0.1, 0.15) is 5.56 Å². The summed E-state index contributed by atoms with van der Waals surface area (Å²) in [5.41, 5.74) is 1.65. The first-order chi connectivity index (χ1) is 7.08. The van der Waals surface area contributed by atoms with Crippen molar-refractivity contribution >= 4 is 43.4 Å². The zero-order chi connectivity index (χ0) is 11.0. The number of carbonyl (C=O) groups is 1. The van der Waals surface area contributed by atoms with Crippen molar-refractivity contribution in [1.29, 1.82) is 0 Å². The van der Waals surface area contributed by atoms with Gasteiger partial charge in [0.05, 0.1) is 8.95 Å². The maximum atomic E-state index is 10.9. The van der Waals surface area contributed by atoms with Gasteiger partial charge < -0.3 is 9.84 Å². The molecule has 5 heteroatoms. The summed E-state index contributed by atoms with van der Waals surface area (Å²) >= 11 is 6.45. The van der Waals surface area contributed by atoms with Gasteiger partial charge in [0.2, 0.25) is 0 Å². The van der Waals surface area contributed by atoms with E-state index in [-0.39, 0.29) is 18.3 Å². The standard InChI is InChI=1S/C10H6Br2O3/c11-7-1-5(2-8(12)10(7)14)6-3-9(13)15-4-6/h1-3,14H,4H2. The van der Waals surface area contributed by atoms with Crippen LogP contribution in [0.15, 0.2) is 27.2 Å². The molecule has 0 aromatic heterocycles. The molecule has 0 unspecified atom stereocenters. The van der Waals surface area contributed by atoms with Crippen LogP contribution < -0.4 is 0 Å². The molecule has 78 valence electrons. The van der Waals surface area contributed by atoms with Crippen molar-refractivity contribution in [1.82, 2.24) is 0 Å². The van der Waals surface area contributed by atoms with E-state index >= 15 is 0 Å². The maximum absolute atomic E-state index is 10.9. The Morgan fingerprint density at radius 3 is 2.33 bits per heavy atom. The number of aromatic hydroxyl groups is 1. The number of hydrogen-bond donors (Lipinski definition) is 1. The Bertz CT molecular complexity index is 443. The van der Waals surface area contributed by atoms with Crippen LogP contribution in [0.4, 0.5) is 0 Å². The summed E-state index contributed by atoms with van der Waals surface area (Å²) in [5.74, 6) is -0.185. The molecular formula is C10H6Br2O3. The number of esters is 1. The summed E-state index contributed by atoms with van der Waals surface area (Å²) in [5, 5.41) is 9.51. The van der Waals surface area contributed by atoms with E-state index < -0.39 is 0 Å². The van der Waals surface area contributed by atoms with Gasteiger partial charge >= 0.3 is 5.97 Å².